The van der Waals surface area contributed by atoms with Crippen molar-refractivity contribution in [2.75, 3.05) is 13.6 Å². The van der Waals surface area contributed by atoms with Gasteiger partial charge in [-0.15, -0.1) is 11.3 Å². The first kappa shape index (κ1) is 13.6. The maximum absolute atomic E-state index is 5.79. The first-order valence-corrected chi connectivity index (χ1v) is 6.90. The van der Waals surface area contributed by atoms with Crippen LogP contribution < -0.4 is 5.73 Å². The zero-order valence-electron chi connectivity index (χ0n) is 10.6. The molecule has 1 unspecified atom stereocenters. The van der Waals surface area contributed by atoms with Crippen molar-refractivity contribution in [2.24, 2.45) is 5.73 Å². The molecule has 1 aromatic rings. The summed E-state index contributed by atoms with van der Waals surface area (Å²) in [7, 11) is 2.15. The zero-order valence-corrected chi connectivity index (χ0v) is 11.4. The normalized spacial score (nSPS) is 13.3. The number of nitrogens with two attached hydrogens (primary N) is 1. The van der Waals surface area contributed by atoms with E-state index >= 15 is 0 Å². The lowest BCUT2D eigenvalue weighted by atomic mass is 10.2. The Morgan fingerprint density at radius 2 is 2.25 bits per heavy atom. The van der Waals surface area contributed by atoms with E-state index in [0.29, 0.717) is 0 Å². The summed E-state index contributed by atoms with van der Waals surface area (Å²) >= 11 is 1.67. The van der Waals surface area contributed by atoms with Gasteiger partial charge in [0.05, 0.1) is 11.7 Å². The van der Waals surface area contributed by atoms with E-state index in [1.54, 1.807) is 11.3 Å². The fraction of sp³-hybridized carbons (Fsp3) is 0.750. The Labute approximate surface area is 103 Å². The highest BCUT2D eigenvalue weighted by molar-refractivity contribution is 7.09. The van der Waals surface area contributed by atoms with Crippen molar-refractivity contribution in [3.63, 3.8) is 0 Å². The fourth-order valence-electron chi connectivity index (χ4n) is 1.59. The van der Waals surface area contributed by atoms with Gasteiger partial charge >= 0.3 is 0 Å². The summed E-state index contributed by atoms with van der Waals surface area (Å²) in [5, 5.41) is 3.16. The van der Waals surface area contributed by atoms with Crippen LogP contribution in [0, 0.1) is 0 Å². The second-order valence-electron chi connectivity index (χ2n) is 4.41. The Kier molecular flexibility index (Phi) is 5.95. The largest absolute Gasteiger partial charge is 0.322 e. The lowest BCUT2D eigenvalue weighted by molar-refractivity contribution is 0.315. The molecule has 16 heavy (non-hydrogen) atoms. The summed E-state index contributed by atoms with van der Waals surface area (Å²) in [6.45, 7) is 6.30. The fourth-order valence-corrected chi connectivity index (χ4v) is 2.36. The smallest absolute Gasteiger partial charge is 0.109 e. The molecule has 0 spiro atoms. The Bertz CT molecular complexity index is 296. The van der Waals surface area contributed by atoms with E-state index in [2.05, 4.69) is 29.2 Å². The van der Waals surface area contributed by atoms with Crippen LogP contribution in [0.15, 0.2) is 5.38 Å². The van der Waals surface area contributed by atoms with Crippen LogP contribution in [0.1, 0.15) is 49.9 Å². The first-order valence-electron chi connectivity index (χ1n) is 6.02. The predicted octanol–water partition coefficient (Wildman–Crippen LogP) is 2.78. The van der Waals surface area contributed by atoms with Crippen LogP contribution in [0.25, 0.3) is 0 Å². The molecule has 0 saturated heterocycles. The van der Waals surface area contributed by atoms with Crippen LogP contribution >= 0.6 is 11.3 Å². The van der Waals surface area contributed by atoms with Crippen molar-refractivity contribution in [2.45, 2.75) is 45.7 Å². The van der Waals surface area contributed by atoms with Crippen molar-refractivity contribution >= 4 is 11.3 Å². The van der Waals surface area contributed by atoms with Gasteiger partial charge in [0.15, 0.2) is 0 Å². The van der Waals surface area contributed by atoms with Crippen molar-refractivity contribution < 1.29 is 0 Å². The lowest BCUT2D eigenvalue weighted by Gasteiger charge is -2.14. The summed E-state index contributed by atoms with van der Waals surface area (Å²) in [4.78, 5) is 6.86. The van der Waals surface area contributed by atoms with Crippen LogP contribution in [0.4, 0.5) is 0 Å². The highest BCUT2D eigenvalue weighted by Crippen LogP contribution is 2.16. The molecule has 0 bridgehead atoms. The summed E-state index contributed by atoms with van der Waals surface area (Å²) < 4.78 is 0. The molecule has 3 nitrogen and oxygen atoms in total. The molecule has 2 N–H and O–H groups in total. The molecule has 0 fully saturated rings. The lowest BCUT2D eigenvalue weighted by Crippen LogP contribution is -2.19. The average Bonchev–Trinajstić information content (AvgIpc) is 2.66. The van der Waals surface area contributed by atoms with E-state index in [1.807, 2.05) is 6.92 Å². The number of rotatable bonds is 7. The zero-order chi connectivity index (χ0) is 12.0. The molecule has 1 aromatic heterocycles. The quantitative estimate of drug-likeness (QED) is 0.746. The second-order valence-corrected chi connectivity index (χ2v) is 5.30. The van der Waals surface area contributed by atoms with Crippen LogP contribution in [-0.2, 0) is 6.54 Å². The topological polar surface area (TPSA) is 42.1 Å². The van der Waals surface area contributed by atoms with Gasteiger partial charge in [-0.3, -0.25) is 0 Å². The van der Waals surface area contributed by atoms with E-state index in [-0.39, 0.29) is 6.04 Å². The minimum absolute atomic E-state index is 0.0594. The molecule has 0 saturated carbocycles. The molecule has 1 atom stereocenters. The Balaban J connectivity index is 2.34. The van der Waals surface area contributed by atoms with Gasteiger partial charge in [-0.05, 0) is 26.9 Å². The van der Waals surface area contributed by atoms with Crippen LogP contribution in [-0.4, -0.2) is 23.5 Å². The molecule has 0 aliphatic carbocycles. The molecule has 0 aliphatic heterocycles. The summed E-state index contributed by atoms with van der Waals surface area (Å²) in [5.74, 6) is 0. The van der Waals surface area contributed by atoms with Crippen molar-refractivity contribution in [3.8, 4) is 0 Å². The Morgan fingerprint density at radius 1 is 1.50 bits per heavy atom. The van der Waals surface area contributed by atoms with Gasteiger partial charge in [-0.2, -0.15) is 0 Å². The molecule has 1 rings (SSSR count). The summed E-state index contributed by atoms with van der Waals surface area (Å²) in [6, 6.07) is 0.0594. The van der Waals surface area contributed by atoms with Crippen molar-refractivity contribution in [1.29, 1.82) is 0 Å². The Hall–Kier alpha value is -0.450. The second kappa shape index (κ2) is 6.99. The van der Waals surface area contributed by atoms with Crippen molar-refractivity contribution in [3.05, 3.63) is 16.1 Å². The number of thiazole rings is 1. The summed E-state index contributed by atoms with van der Waals surface area (Å²) in [6.07, 6.45) is 3.86. The SMILES string of the molecule is CCCCCN(C)Cc1csc(C(C)N)n1. The third-order valence-corrected chi connectivity index (χ3v) is 3.63. The van der Waals surface area contributed by atoms with Crippen LogP contribution in [0.2, 0.25) is 0 Å². The van der Waals surface area contributed by atoms with Crippen molar-refractivity contribution in [1.82, 2.24) is 9.88 Å². The van der Waals surface area contributed by atoms with Gasteiger partial charge < -0.3 is 10.6 Å². The van der Waals surface area contributed by atoms with E-state index in [4.69, 9.17) is 5.73 Å². The van der Waals surface area contributed by atoms with E-state index < -0.39 is 0 Å². The van der Waals surface area contributed by atoms with Gasteiger partial charge in [0.1, 0.15) is 5.01 Å². The number of nitrogens with zero attached hydrogens (tertiary/aromatic N) is 2. The van der Waals surface area contributed by atoms with Gasteiger partial charge in [0, 0.05) is 11.9 Å². The monoisotopic (exact) mass is 241 g/mol. The molecular formula is C12H23N3S. The average molecular weight is 241 g/mol. The molecule has 92 valence electrons. The highest BCUT2D eigenvalue weighted by Gasteiger charge is 2.07. The van der Waals surface area contributed by atoms with Gasteiger partial charge in [0.25, 0.3) is 0 Å². The van der Waals surface area contributed by atoms with Gasteiger partial charge in [0.2, 0.25) is 0 Å². The molecular weight excluding hydrogens is 218 g/mol. The maximum atomic E-state index is 5.79. The summed E-state index contributed by atoms with van der Waals surface area (Å²) in [5.41, 5.74) is 6.94. The standard InChI is InChI=1S/C12H23N3S/c1-4-5-6-7-15(3)8-11-9-16-12(14-11)10(2)13/h9-10H,4-8,13H2,1-3H3. The van der Waals surface area contributed by atoms with E-state index in [1.165, 1.54) is 19.3 Å². The molecule has 1 heterocycles. The van der Waals surface area contributed by atoms with E-state index in [9.17, 15) is 0 Å². The molecule has 0 aromatic carbocycles. The third-order valence-electron chi connectivity index (χ3n) is 2.53. The van der Waals surface area contributed by atoms with Crippen LogP contribution in [0.5, 0.6) is 0 Å². The molecule has 0 amide bonds. The minimum Gasteiger partial charge on any atom is -0.322 e. The number of hydrogen-bond donors (Lipinski definition) is 1. The highest BCUT2D eigenvalue weighted by atomic mass is 32.1. The predicted molar refractivity (Wildman–Crippen MR) is 70.6 cm³/mol. The van der Waals surface area contributed by atoms with E-state index in [0.717, 1.165) is 23.8 Å². The number of hydrogen-bond acceptors (Lipinski definition) is 4. The third kappa shape index (κ3) is 4.60. The van der Waals surface area contributed by atoms with Gasteiger partial charge in [-0.1, -0.05) is 19.8 Å². The number of unbranched alkanes of at least 4 members (excludes halogenated alkanes) is 2. The molecule has 0 aliphatic rings. The molecule has 4 heteroatoms. The Morgan fingerprint density at radius 3 is 2.81 bits per heavy atom. The minimum atomic E-state index is 0.0594. The maximum Gasteiger partial charge on any atom is 0.109 e. The number of aromatic nitrogens is 1. The van der Waals surface area contributed by atoms with Gasteiger partial charge in [-0.25, -0.2) is 4.98 Å². The van der Waals surface area contributed by atoms with Crippen LogP contribution in [0.3, 0.4) is 0 Å². The first-order chi connectivity index (χ1) is 7.63. The molecule has 0 radical (unpaired) electrons.